The quantitative estimate of drug-likeness (QED) is 0.651. The number of carbonyl (C=O) groups excluding carboxylic acids is 1. The fraction of sp³-hybridized carbons (Fsp3) is 0. The first-order chi connectivity index (χ1) is 8.95. The molecule has 0 saturated carbocycles. The number of carboxylic acid groups (broad SMARTS) is 1. The second-order valence-corrected chi connectivity index (χ2v) is 3.73. The maximum Gasteiger partial charge on any atom is 0.354 e. The summed E-state index contributed by atoms with van der Waals surface area (Å²) in [6.07, 6.45) is 1.04. The smallest absolute Gasteiger partial charge is 0.354 e. The van der Waals surface area contributed by atoms with Crippen LogP contribution in [0.3, 0.4) is 0 Å². The number of hydrogen-bond acceptors (Lipinski definition) is 4. The normalized spacial score (nSPS) is 9.32. The van der Waals surface area contributed by atoms with Crippen LogP contribution in [-0.2, 0) is 4.79 Å². The van der Waals surface area contributed by atoms with E-state index in [0.29, 0.717) is 5.52 Å². The highest BCUT2D eigenvalue weighted by Gasteiger charge is 2.07. The average Bonchev–Trinajstić information content (AvgIpc) is 2.39. The van der Waals surface area contributed by atoms with Gasteiger partial charge in [0.1, 0.15) is 17.0 Å². The number of carboxylic acids is 1. The molecule has 5 nitrogen and oxygen atoms in total. The summed E-state index contributed by atoms with van der Waals surface area (Å²) in [4.78, 5) is 23.9. The number of benzene rings is 1. The Morgan fingerprint density at radius 1 is 1.26 bits per heavy atom. The fourth-order valence-electron chi connectivity index (χ4n) is 1.25. The van der Waals surface area contributed by atoms with Crippen molar-refractivity contribution in [2.24, 2.45) is 0 Å². The summed E-state index contributed by atoms with van der Waals surface area (Å²) < 4.78 is 0. The number of fused-ring (bicyclic) bond motifs is 1. The topological polar surface area (TPSA) is 87.5 Å². The fourth-order valence-corrected chi connectivity index (χ4v) is 1.25. The van der Waals surface area contributed by atoms with Crippen molar-refractivity contribution in [2.45, 2.75) is 0 Å². The van der Waals surface area contributed by atoms with E-state index in [1.807, 2.05) is 0 Å². The molecule has 1 heterocycles. The number of aromatic carboxylic acids is 1. The molecule has 98 valence electrons. The number of phenolic OH excluding ortho intramolecular Hbond substituents is 1. The molecule has 19 heavy (non-hydrogen) atoms. The molecule has 2 aromatic rings. The van der Waals surface area contributed by atoms with Gasteiger partial charge in [0.2, 0.25) is 5.24 Å². The Kier molecular flexibility index (Phi) is 5.02. The van der Waals surface area contributed by atoms with Crippen molar-refractivity contribution in [2.75, 3.05) is 0 Å². The monoisotopic (exact) mass is 279 g/mol. The van der Waals surface area contributed by atoms with Crippen LogP contribution in [0.1, 0.15) is 10.5 Å². The molecule has 0 saturated heterocycles. The number of para-hydroxylation sites is 1. The molecule has 1 aromatic carbocycles. The van der Waals surface area contributed by atoms with Gasteiger partial charge in [-0.2, -0.15) is 0 Å². The number of allylic oxidation sites excluding steroid dienone is 1. The highest BCUT2D eigenvalue weighted by Crippen LogP contribution is 2.22. The third-order valence-corrected chi connectivity index (χ3v) is 2.23. The predicted octanol–water partition coefficient (Wildman–Crippen LogP) is 2.58. The summed E-state index contributed by atoms with van der Waals surface area (Å²) in [5.41, 5.74) is 0.242. The van der Waals surface area contributed by atoms with Crippen LogP contribution in [0.2, 0.25) is 0 Å². The van der Waals surface area contributed by atoms with Crippen molar-refractivity contribution in [3.05, 3.63) is 48.7 Å². The molecular formula is C13H10ClNO4. The average molecular weight is 280 g/mol. The second kappa shape index (κ2) is 6.51. The van der Waals surface area contributed by atoms with E-state index in [0.717, 1.165) is 11.5 Å². The third kappa shape index (κ3) is 4.08. The van der Waals surface area contributed by atoms with E-state index in [4.69, 9.17) is 16.7 Å². The minimum atomic E-state index is -1.10. The molecule has 2 N–H and O–H groups in total. The van der Waals surface area contributed by atoms with Gasteiger partial charge < -0.3 is 10.2 Å². The first-order valence-electron chi connectivity index (χ1n) is 5.09. The first-order valence-corrected chi connectivity index (χ1v) is 5.47. The van der Waals surface area contributed by atoms with Crippen LogP contribution in [0, 0.1) is 0 Å². The minimum absolute atomic E-state index is 0.00870. The molecule has 0 bridgehead atoms. The Balaban J connectivity index is 0.000000312. The maximum absolute atomic E-state index is 10.6. The van der Waals surface area contributed by atoms with Crippen LogP contribution in [0.15, 0.2) is 43.0 Å². The van der Waals surface area contributed by atoms with E-state index in [1.54, 1.807) is 18.2 Å². The molecule has 0 spiro atoms. The van der Waals surface area contributed by atoms with Crippen molar-refractivity contribution in [1.29, 1.82) is 0 Å². The van der Waals surface area contributed by atoms with E-state index in [9.17, 15) is 14.7 Å². The standard InChI is InChI=1S/C10H7NO3.C3H3ClO/c12-8-3-1-2-6-4-5-7(10(13)14)11-9(6)8;1-2-3(4)5/h1-5,12H,(H,13,14);2H,1H2. The number of aromatic nitrogens is 1. The zero-order valence-corrected chi connectivity index (χ0v) is 10.5. The minimum Gasteiger partial charge on any atom is -0.506 e. The Labute approximate surface area is 113 Å². The van der Waals surface area contributed by atoms with Gasteiger partial charge >= 0.3 is 5.97 Å². The van der Waals surface area contributed by atoms with Gasteiger partial charge in [0, 0.05) is 5.39 Å². The van der Waals surface area contributed by atoms with Gasteiger partial charge in [-0.15, -0.1) is 0 Å². The molecule has 0 fully saturated rings. The lowest BCUT2D eigenvalue weighted by molar-refractivity contribution is -0.107. The van der Waals surface area contributed by atoms with E-state index >= 15 is 0 Å². The Morgan fingerprint density at radius 2 is 1.89 bits per heavy atom. The van der Waals surface area contributed by atoms with Crippen LogP contribution in [-0.4, -0.2) is 26.4 Å². The maximum atomic E-state index is 10.6. The van der Waals surface area contributed by atoms with Crippen molar-refractivity contribution < 1.29 is 19.8 Å². The third-order valence-electron chi connectivity index (χ3n) is 2.08. The molecule has 0 amide bonds. The summed E-state index contributed by atoms with van der Waals surface area (Å²) in [6.45, 7) is 3.08. The number of aromatic hydroxyl groups is 1. The zero-order valence-electron chi connectivity index (χ0n) is 9.71. The van der Waals surface area contributed by atoms with Crippen LogP contribution in [0.4, 0.5) is 0 Å². The number of pyridine rings is 1. The summed E-state index contributed by atoms with van der Waals surface area (Å²) in [6, 6.07) is 7.93. The molecule has 0 aliphatic carbocycles. The molecular weight excluding hydrogens is 270 g/mol. The highest BCUT2D eigenvalue weighted by atomic mass is 35.5. The highest BCUT2D eigenvalue weighted by molar-refractivity contribution is 6.66. The van der Waals surface area contributed by atoms with Crippen LogP contribution in [0.25, 0.3) is 10.9 Å². The Morgan fingerprint density at radius 3 is 2.42 bits per heavy atom. The van der Waals surface area contributed by atoms with Crippen molar-refractivity contribution in [3.63, 3.8) is 0 Å². The van der Waals surface area contributed by atoms with E-state index in [-0.39, 0.29) is 11.4 Å². The van der Waals surface area contributed by atoms with E-state index in [2.05, 4.69) is 11.6 Å². The van der Waals surface area contributed by atoms with Gasteiger partial charge in [-0.25, -0.2) is 9.78 Å². The molecule has 0 aliphatic rings. The van der Waals surface area contributed by atoms with E-state index < -0.39 is 11.2 Å². The molecule has 6 heteroatoms. The van der Waals surface area contributed by atoms with Crippen LogP contribution >= 0.6 is 11.6 Å². The summed E-state index contributed by atoms with van der Waals surface area (Å²) >= 11 is 4.71. The van der Waals surface area contributed by atoms with Crippen molar-refractivity contribution in [1.82, 2.24) is 4.98 Å². The van der Waals surface area contributed by atoms with Gasteiger partial charge in [0.15, 0.2) is 0 Å². The lowest BCUT2D eigenvalue weighted by atomic mass is 10.2. The van der Waals surface area contributed by atoms with Gasteiger partial charge in [-0.3, -0.25) is 4.79 Å². The molecule has 0 radical (unpaired) electrons. The van der Waals surface area contributed by atoms with Gasteiger partial charge in [-0.05, 0) is 29.8 Å². The van der Waals surface area contributed by atoms with Crippen LogP contribution < -0.4 is 0 Å². The van der Waals surface area contributed by atoms with Crippen molar-refractivity contribution >= 4 is 33.7 Å². The number of phenols is 1. The van der Waals surface area contributed by atoms with Gasteiger partial charge in [0.25, 0.3) is 0 Å². The van der Waals surface area contributed by atoms with Crippen LogP contribution in [0.5, 0.6) is 5.75 Å². The summed E-state index contributed by atoms with van der Waals surface area (Å²) in [5, 5.41) is 18.3. The van der Waals surface area contributed by atoms with Gasteiger partial charge in [0.05, 0.1) is 0 Å². The summed E-state index contributed by atoms with van der Waals surface area (Å²) in [7, 11) is 0. The number of nitrogens with zero attached hydrogens (tertiary/aromatic N) is 1. The van der Waals surface area contributed by atoms with Crippen molar-refractivity contribution in [3.8, 4) is 5.75 Å². The number of carbonyl (C=O) groups is 2. The number of hydrogen-bond donors (Lipinski definition) is 2. The second-order valence-electron chi connectivity index (χ2n) is 3.36. The lowest BCUT2D eigenvalue weighted by Gasteiger charge is -2.00. The summed E-state index contributed by atoms with van der Waals surface area (Å²) in [5.74, 6) is -1.11. The van der Waals surface area contributed by atoms with E-state index in [1.165, 1.54) is 12.1 Å². The molecule has 0 aliphatic heterocycles. The SMILES string of the molecule is C=CC(=O)Cl.O=C(O)c1ccc2cccc(O)c2n1. The first kappa shape index (κ1) is 14.7. The lowest BCUT2D eigenvalue weighted by Crippen LogP contribution is -1.99. The number of halogens is 1. The Hall–Kier alpha value is -2.40. The predicted molar refractivity (Wildman–Crippen MR) is 71.4 cm³/mol. The zero-order chi connectivity index (χ0) is 14.4. The molecule has 0 unspecified atom stereocenters. The Bertz CT molecular complexity index is 640. The largest absolute Gasteiger partial charge is 0.506 e. The van der Waals surface area contributed by atoms with Gasteiger partial charge in [-0.1, -0.05) is 24.8 Å². The number of rotatable bonds is 2. The molecule has 2 rings (SSSR count). The molecule has 1 aromatic heterocycles. The molecule has 0 atom stereocenters.